The Labute approximate surface area is 137 Å². The normalized spacial score (nSPS) is 11.6. The molecule has 0 unspecified atom stereocenters. The fourth-order valence-electron chi connectivity index (χ4n) is 2.04. The number of hydrogen-bond donors (Lipinski definition) is 1. The van der Waals surface area contributed by atoms with E-state index in [1.54, 1.807) is 30.5 Å². The van der Waals surface area contributed by atoms with E-state index in [0.717, 1.165) is 0 Å². The van der Waals surface area contributed by atoms with Crippen LogP contribution in [-0.2, 0) is 4.79 Å². The van der Waals surface area contributed by atoms with Crippen molar-refractivity contribution in [1.29, 1.82) is 5.26 Å². The van der Waals surface area contributed by atoms with Crippen molar-refractivity contribution in [3.63, 3.8) is 0 Å². The van der Waals surface area contributed by atoms with Gasteiger partial charge >= 0.3 is 0 Å². The number of rotatable bonds is 5. The maximum absolute atomic E-state index is 12.2. The molecular formula is C18H23N3O2. The zero-order chi connectivity index (χ0) is 17.6. The third kappa shape index (κ3) is 5.26. The van der Waals surface area contributed by atoms with Crippen molar-refractivity contribution in [3.8, 4) is 6.07 Å². The predicted molar refractivity (Wildman–Crippen MR) is 90.9 cm³/mol. The summed E-state index contributed by atoms with van der Waals surface area (Å²) in [6.45, 7) is 10.2. The molecule has 0 bridgehead atoms. The average Bonchev–Trinajstić information content (AvgIpc) is 2.47. The highest BCUT2D eigenvalue weighted by atomic mass is 16.1. The van der Waals surface area contributed by atoms with E-state index >= 15 is 0 Å². The lowest BCUT2D eigenvalue weighted by Gasteiger charge is -2.33. The second-order valence-corrected chi connectivity index (χ2v) is 6.20. The van der Waals surface area contributed by atoms with Gasteiger partial charge in [-0.25, -0.2) is 0 Å². The van der Waals surface area contributed by atoms with Crippen molar-refractivity contribution >= 4 is 17.4 Å². The number of carbonyl (C=O) groups excluding carboxylic acids is 2. The molecule has 1 aromatic rings. The third-order valence-electron chi connectivity index (χ3n) is 3.40. The molecule has 5 heteroatoms. The lowest BCUT2D eigenvalue weighted by molar-refractivity contribution is -0.112. The largest absolute Gasteiger partial charge is 0.372 e. The SMILES string of the molecule is CCN(/C=C(/C#N)C(=O)Nc1ccc(C(C)=O)cc1)C(C)(C)C. The van der Waals surface area contributed by atoms with Crippen LogP contribution in [0.5, 0.6) is 0 Å². The Bertz CT molecular complexity index is 646. The van der Waals surface area contributed by atoms with Crippen molar-refractivity contribution in [2.45, 2.75) is 40.2 Å². The summed E-state index contributed by atoms with van der Waals surface area (Å²) in [5.74, 6) is -0.505. The Morgan fingerprint density at radius 2 is 1.83 bits per heavy atom. The van der Waals surface area contributed by atoms with Crippen LogP contribution in [-0.4, -0.2) is 28.7 Å². The van der Waals surface area contributed by atoms with Crippen molar-refractivity contribution in [2.75, 3.05) is 11.9 Å². The van der Waals surface area contributed by atoms with Crippen LogP contribution in [0.1, 0.15) is 45.0 Å². The molecule has 0 aliphatic rings. The highest BCUT2D eigenvalue weighted by molar-refractivity contribution is 6.06. The van der Waals surface area contributed by atoms with Gasteiger partial charge in [-0.1, -0.05) is 0 Å². The maximum Gasteiger partial charge on any atom is 0.267 e. The van der Waals surface area contributed by atoms with Crippen LogP contribution in [0.15, 0.2) is 36.0 Å². The Morgan fingerprint density at radius 3 is 2.22 bits per heavy atom. The monoisotopic (exact) mass is 313 g/mol. The molecule has 0 aliphatic heterocycles. The number of hydrogen-bond acceptors (Lipinski definition) is 4. The molecule has 0 atom stereocenters. The smallest absolute Gasteiger partial charge is 0.267 e. The number of Topliss-reactive ketones (excluding diaryl/α,β-unsaturated/α-hetero) is 1. The van der Waals surface area contributed by atoms with Gasteiger partial charge in [0.05, 0.1) is 0 Å². The molecule has 1 N–H and O–H groups in total. The first-order valence-electron chi connectivity index (χ1n) is 7.50. The van der Waals surface area contributed by atoms with Gasteiger partial charge < -0.3 is 10.2 Å². The highest BCUT2D eigenvalue weighted by Gasteiger charge is 2.19. The van der Waals surface area contributed by atoms with Crippen LogP contribution in [0.25, 0.3) is 0 Å². The maximum atomic E-state index is 12.2. The summed E-state index contributed by atoms with van der Waals surface area (Å²) in [4.78, 5) is 25.4. The number of carbonyl (C=O) groups is 2. The molecule has 0 heterocycles. The van der Waals surface area contributed by atoms with E-state index in [2.05, 4.69) is 5.32 Å². The summed E-state index contributed by atoms with van der Waals surface area (Å²) in [7, 11) is 0. The fourth-order valence-corrected chi connectivity index (χ4v) is 2.04. The Balaban J connectivity index is 2.93. The Kier molecular flexibility index (Phi) is 6.09. The number of benzene rings is 1. The molecule has 23 heavy (non-hydrogen) atoms. The molecule has 5 nitrogen and oxygen atoms in total. The standard InChI is InChI=1S/C18H23N3O2/c1-6-21(18(3,4)5)12-15(11-19)17(23)20-16-9-7-14(8-10-16)13(2)22/h7-10,12H,6H2,1-5H3,(H,20,23)/b15-12-. The first-order chi connectivity index (χ1) is 10.7. The minimum absolute atomic E-state index is 0.0377. The van der Waals surface area contributed by atoms with Crippen LogP contribution in [0, 0.1) is 11.3 Å². The number of nitriles is 1. The van der Waals surface area contributed by atoms with Gasteiger partial charge in [0.1, 0.15) is 11.6 Å². The number of amides is 1. The van der Waals surface area contributed by atoms with Gasteiger partial charge in [0.2, 0.25) is 0 Å². The Hall–Kier alpha value is -2.61. The van der Waals surface area contributed by atoms with E-state index in [1.807, 2.05) is 38.7 Å². The summed E-state index contributed by atoms with van der Waals surface area (Å²) in [5, 5.41) is 11.9. The minimum atomic E-state index is -0.467. The second-order valence-electron chi connectivity index (χ2n) is 6.20. The summed E-state index contributed by atoms with van der Waals surface area (Å²) >= 11 is 0. The van der Waals surface area contributed by atoms with Crippen molar-refractivity contribution in [1.82, 2.24) is 4.90 Å². The molecule has 0 aliphatic carbocycles. The topological polar surface area (TPSA) is 73.2 Å². The van der Waals surface area contributed by atoms with E-state index in [1.165, 1.54) is 6.92 Å². The molecule has 0 fully saturated rings. The van der Waals surface area contributed by atoms with Crippen LogP contribution < -0.4 is 5.32 Å². The molecule has 0 saturated carbocycles. The van der Waals surface area contributed by atoms with Crippen LogP contribution in [0.3, 0.4) is 0 Å². The first kappa shape index (κ1) is 18.4. The van der Waals surface area contributed by atoms with E-state index in [-0.39, 0.29) is 16.9 Å². The quantitative estimate of drug-likeness (QED) is 0.514. The molecule has 1 aromatic carbocycles. The minimum Gasteiger partial charge on any atom is -0.372 e. The molecule has 122 valence electrons. The van der Waals surface area contributed by atoms with Gasteiger partial charge in [-0.3, -0.25) is 9.59 Å². The number of nitrogens with one attached hydrogen (secondary N) is 1. The van der Waals surface area contributed by atoms with Gasteiger partial charge in [-0.15, -0.1) is 0 Å². The lowest BCUT2D eigenvalue weighted by atomic mass is 10.1. The van der Waals surface area contributed by atoms with E-state index < -0.39 is 5.91 Å². The van der Waals surface area contributed by atoms with Gasteiger partial charge in [-0.2, -0.15) is 5.26 Å². The summed E-state index contributed by atoms with van der Waals surface area (Å²) in [5.41, 5.74) is 0.974. The second kappa shape index (κ2) is 7.59. The first-order valence-corrected chi connectivity index (χ1v) is 7.50. The molecular weight excluding hydrogens is 290 g/mol. The highest BCUT2D eigenvalue weighted by Crippen LogP contribution is 2.16. The summed E-state index contributed by atoms with van der Waals surface area (Å²) in [6, 6.07) is 8.51. The zero-order valence-electron chi connectivity index (χ0n) is 14.3. The van der Waals surface area contributed by atoms with Gasteiger partial charge in [-0.05, 0) is 58.9 Å². The molecule has 0 aromatic heterocycles. The van der Waals surface area contributed by atoms with Gasteiger partial charge in [0, 0.05) is 29.5 Å². The zero-order valence-corrected chi connectivity index (χ0v) is 14.3. The third-order valence-corrected chi connectivity index (χ3v) is 3.40. The summed E-state index contributed by atoms with van der Waals surface area (Å²) in [6.07, 6.45) is 1.58. The molecule has 1 amide bonds. The van der Waals surface area contributed by atoms with Crippen molar-refractivity contribution in [3.05, 3.63) is 41.6 Å². The van der Waals surface area contributed by atoms with E-state index in [0.29, 0.717) is 17.8 Å². The van der Waals surface area contributed by atoms with Crippen LogP contribution >= 0.6 is 0 Å². The van der Waals surface area contributed by atoms with E-state index in [9.17, 15) is 14.9 Å². The summed E-state index contributed by atoms with van der Waals surface area (Å²) < 4.78 is 0. The van der Waals surface area contributed by atoms with Crippen LogP contribution in [0.2, 0.25) is 0 Å². The molecule has 0 radical (unpaired) electrons. The van der Waals surface area contributed by atoms with Crippen LogP contribution in [0.4, 0.5) is 5.69 Å². The lowest BCUT2D eigenvalue weighted by Crippen LogP contribution is -2.37. The number of ketones is 1. The molecule has 0 spiro atoms. The molecule has 0 saturated heterocycles. The van der Waals surface area contributed by atoms with Gasteiger partial charge in [0.25, 0.3) is 5.91 Å². The van der Waals surface area contributed by atoms with Gasteiger partial charge in [0.15, 0.2) is 5.78 Å². The number of nitrogens with zero attached hydrogens (tertiary/aromatic N) is 2. The van der Waals surface area contributed by atoms with Crippen molar-refractivity contribution in [2.24, 2.45) is 0 Å². The Morgan fingerprint density at radius 1 is 1.26 bits per heavy atom. The van der Waals surface area contributed by atoms with E-state index in [4.69, 9.17) is 0 Å². The number of anilines is 1. The molecule has 1 rings (SSSR count). The van der Waals surface area contributed by atoms with Crippen molar-refractivity contribution < 1.29 is 9.59 Å². The fraction of sp³-hybridized carbons (Fsp3) is 0.389. The predicted octanol–water partition coefficient (Wildman–Crippen LogP) is 3.36. The average molecular weight is 313 g/mol.